The van der Waals surface area contributed by atoms with Crippen LogP contribution in [0.2, 0.25) is 0 Å². The number of aryl methyl sites for hydroxylation is 1. The number of halogens is 1. The monoisotopic (exact) mass is 306 g/mol. The summed E-state index contributed by atoms with van der Waals surface area (Å²) >= 11 is 0. The van der Waals surface area contributed by atoms with E-state index in [1.807, 2.05) is 0 Å². The van der Waals surface area contributed by atoms with E-state index in [9.17, 15) is 12.8 Å². The van der Waals surface area contributed by atoms with Crippen molar-refractivity contribution in [3.8, 4) is 0 Å². The number of benzene rings is 1. The third-order valence-electron chi connectivity index (χ3n) is 2.98. The first-order valence-corrected chi connectivity index (χ1v) is 7.51. The summed E-state index contributed by atoms with van der Waals surface area (Å²) in [5.41, 5.74) is 0.449. The number of hydrogen-bond donors (Lipinski definition) is 1. The molecule has 0 saturated heterocycles. The molecular formula is C13H11FN4O2S. The molecule has 0 aliphatic carbocycles. The predicted octanol–water partition coefficient (Wildman–Crippen LogP) is 1.91. The van der Waals surface area contributed by atoms with Crippen LogP contribution in [0.5, 0.6) is 0 Å². The summed E-state index contributed by atoms with van der Waals surface area (Å²) in [4.78, 5) is 7.84. The number of fused-ring (bicyclic) bond motifs is 1. The highest BCUT2D eigenvalue weighted by Crippen LogP contribution is 2.25. The molecular weight excluding hydrogens is 295 g/mol. The van der Waals surface area contributed by atoms with E-state index in [2.05, 4.69) is 14.7 Å². The molecule has 0 bridgehead atoms. The van der Waals surface area contributed by atoms with Crippen LogP contribution in [-0.2, 0) is 17.1 Å². The summed E-state index contributed by atoms with van der Waals surface area (Å²) in [5.74, 6) is -0.460. The molecule has 0 atom stereocenters. The minimum absolute atomic E-state index is 0.129. The summed E-state index contributed by atoms with van der Waals surface area (Å²) in [7, 11) is -2.29. The van der Waals surface area contributed by atoms with Crippen molar-refractivity contribution in [2.45, 2.75) is 5.16 Å². The molecule has 1 N–H and O–H groups in total. The predicted molar refractivity (Wildman–Crippen MR) is 75.7 cm³/mol. The average Bonchev–Trinajstić information content (AvgIpc) is 2.89. The number of anilines is 1. The second kappa shape index (κ2) is 4.81. The molecule has 3 rings (SSSR count). The average molecular weight is 306 g/mol. The second-order valence-corrected chi connectivity index (χ2v) is 6.00. The van der Waals surface area contributed by atoms with Crippen molar-refractivity contribution in [3.63, 3.8) is 0 Å². The maximum Gasteiger partial charge on any atom is 0.295 e. The van der Waals surface area contributed by atoms with Gasteiger partial charge in [0, 0.05) is 31.0 Å². The quantitative estimate of drug-likeness (QED) is 0.802. The van der Waals surface area contributed by atoms with Gasteiger partial charge in [-0.3, -0.25) is 9.71 Å². The van der Waals surface area contributed by atoms with Crippen LogP contribution in [0, 0.1) is 5.82 Å². The van der Waals surface area contributed by atoms with Crippen LogP contribution in [0.1, 0.15) is 0 Å². The van der Waals surface area contributed by atoms with E-state index in [0.717, 1.165) is 0 Å². The molecule has 0 radical (unpaired) electrons. The molecule has 6 nitrogen and oxygen atoms in total. The lowest BCUT2D eigenvalue weighted by molar-refractivity contribution is 0.584. The number of sulfonamides is 1. The van der Waals surface area contributed by atoms with Gasteiger partial charge in [-0.05, 0) is 24.3 Å². The van der Waals surface area contributed by atoms with Gasteiger partial charge in [0.15, 0.2) is 0 Å². The first-order chi connectivity index (χ1) is 9.99. The Kier molecular flexibility index (Phi) is 3.09. The molecule has 3 aromatic rings. The number of rotatable bonds is 3. The van der Waals surface area contributed by atoms with Gasteiger partial charge in [-0.1, -0.05) is 0 Å². The van der Waals surface area contributed by atoms with Crippen molar-refractivity contribution >= 4 is 26.6 Å². The smallest absolute Gasteiger partial charge is 0.295 e. The van der Waals surface area contributed by atoms with Gasteiger partial charge >= 0.3 is 0 Å². The summed E-state index contributed by atoms with van der Waals surface area (Å²) in [6, 6.07) is 5.66. The van der Waals surface area contributed by atoms with Crippen molar-refractivity contribution in [1.82, 2.24) is 14.5 Å². The van der Waals surface area contributed by atoms with Crippen molar-refractivity contribution in [2.75, 3.05) is 4.72 Å². The Labute approximate surface area is 120 Å². The fourth-order valence-electron chi connectivity index (χ4n) is 2.02. The summed E-state index contributed by atoms with van der Waals surface area (Å²) in [6.07, 6.45) is 4.38. The fraction of sp³-hybridized carbons (Fsp3) is 0.0769. The lowest BCUT2D eigenvalue weighted by Crippen LogP contribution is -2.17. The maximum atomic E-state index is 13.7. The molecule has 0 aliphatic rings. The Balaban J connectivity index is 2.11. The molecule has 1 aromatic carbocycles. The zero-order valence-electron chi connectivity index (χ0n) is 11.0. The van der Waals surface area contributed by atoms with E-state index in [1.54, 1.807) is 13.1 Å². The Morgan fingerprint density at radius 1 is 1.19 bits per heavy atom. The van der Waals surface area contributed by atoms with Crippen LogP contribution in [0.3, 0.4) is 0 Å². The standard InChI is InChI=1S/C13H11FN4O2S/c1-18-8-7-16-13(18)21(19,20)17-11-5-4-10(14)9-3-2-6-15-12(9)11/h2-8,17H,1H3. The molecule has 8 heteroatoms. The van der Waals surface area contributed by atoms with Crippen LogP contribution in [0.4, 0.5) is 10.1 Å². The lowest BCUT2D eigenvalue weighted by atomic mass is 10.2. The number of aromatic nitrogens is 3. The van der Waals surface area contributed by atoms with Crippen molar-refractivity contribution in [1.29, 1.82) is 0 Å². The highest BCUT2D eigenvalue weighted by molar-refractivity contribution is 7.92. The number of hydrogen-bond acceptors (Lipinski definition) is 4. The normalized spacial score (nSPS) is 11.7. The first-order valence-electron chi connectivity index (χ1n) is 6.02. The van der Waals surface area contributed by atoms with Gasteiger partial charge in [0.25, 0.3) is 10.0 Å². The zero-order chi connectivity index (χ0) is 15.0. The highest BCUT2D eigenvalue weighted by atomic mass is 32.2. The molecule has 0 aliphatic heterocycles. The number of imidazole rings is 1. The third kappa shape index (κ3) is 2.33. The number of pyridine rings is 1. The number of nitrogens with one attached hydrogen (secondary N) is 1. The summed E-state index contributed by atoms with van der Waals surface area (Å²) in [5, 5.41) is 0.119. The van der Waals surface area contributed by atoms with Gasteiger partial charge in [-0.15, -0.1) is 0 Å². The molecule has 0 spiro atoms. The van der Waals surface area contributed by atoms with E-state index in [4.69, 9.17) is 0 Å². The summed E-state index contributed by atoms with van der Waals surface area (Å²) in [6.45, 7) is 0. The van der Waals surface area contributed by atoms with Crippen LogP contribution >= 0.6 is 0 Å². The lowest BCUT2D eigenvalue weighted by Gasteiger charge is -2.10. The molecule has 0 fully saturated rings. The molecule has 0 amide bonds. The van der Waals surface area contributed by atoms with Crippen LogP contribution < -0.4 is 4.72 Å². The van der Waals surface area contributed by atoms with E-state index in [1.165, 1.54) is 41.4 Å². The Morgan fingerprint density at radius 3 is 2.71 bits per heavy atom. The van der Waals surface area contributed by atoms with Crippen molar-refractivity contribution < 1.29 is 12.8 Å². The van der Waals surface area contributed by atoms with Gasteiger partial charge < -0.3 is 4.57 Å². The SMILES string of the molecule is Cn1ccnc1S(=O)(=O)Nc1ccc(F)c2cccnc12. The largest absolute Gasteiger partial charge is 0.323 e. The Morgan fingerprint density at radius 2 is 2.00 bits per heavy atom. The van der Waals surface area contributed by atoms with Crippen molar-refractivity contribution in [2.24, 2.45) is 7.05 Å². The molecule has 0 unspecified atom stereocenters. The van der Waals surface area contributed by atoms with Crippen molar-refractivity contribution in [3.05, 3.63) is 48.7 Å². The topological polar surface area (TPSA) is 76.9 Å². The summed E-state index contributed by atoms with van der Waals surface area (Å²) < 4.78 is 42.1. The van der Waals surface area contributed by atoms with Crippen LogP contribution in [0.15, 0.2) is 48.0 Å². The van der Waals surface area contributed by atoms with E-state index in [-0.39, 0.29) is 21.7 Å². The molecule has 108 valence electrons. The number of nitrogens with zero attached hydrogens (tertiary/aromatic N) is 3. The minimum Gasteiger partial charge on any atom is -0.323 e. The Hall–Kier alpha value is -2.48. The third-order valence-corrected chi connectivity index (χ3v) is 4.34. The van der Waals surface area contributed by atoms with Crippen LogP contribution in [-0.4, -0.2) is 23.0 Å². The van der Waals surface area contributed by atoms with Gasteiger partial charge in [0.1, 0.15) is 5.82 Å². The van der Waals surface area contributed by atoms with Gasteiger partial charge in [0.2, 0.25) is 5.16 Å². The molecule has 2 heterocycles. The van der Waals surface area contributed by atoms with E-state index < -0.39 is 15.8 Å². The minimum atomic E-state index is -3.87. The zero-order valence-corrected chi connectivity index (χ0v) is 11.8. The maximum absolute atomic E-state index is 13.7. The van der Waals surface area contributed by atoms with Gasteiger partial charge in [0.05, 0.1) is 11.2 Å². The fourth-order valence-corrected chi connectivity index (χ4v) is 3.21. The second-order valence-electron chi connectivity index (χ2n) is 4.42. The van der Waals surface area contributed by atoms with E-state index in [0.29, 0.717) is 0 Å². The van der Waals surface area contributed by atoms with Gasteiger partial charge in [-0.2, -0.15) is 8.42 Å². The molecule has 0 saturated carbocycles. The van der Waals surface area contributed by atoms with Crippen LogP contribution in [0.25, 0.3) is 10.9 Å². The highest BCUT2D eigenvalue weighted by Gasteiger charge is 2.20. The molecule has 2 aromatic heterocycles. The Bertz CT molecular complexity index is 921. The molecule has 21 heavy (non-hydrogen) atoms. The van der Waals surface area contributed by atoms with E-state index >= 15 is 0 Å². The van der Waals surface area contributed by atoms with Gasteiger partial charge in [-0.25, -0.2) is 9.37 Å². The first kappa shape index (κ1) is 13.5.